The number of nitrogens with one attached hydrogen (secondary N) is 2. The average Bonchev–Trinajstić information content (AvgIpc) is 2.23. The Balaban J connectivity index is 3.91. The molecule has 0 heterocycles. The van der Waals surface area contributed by atoms with Gasteiger partial charge in [0.05, 0.1) is 0 Å². The summed E-state index contributed by atoms with van der Waals surface area (Å²) >= 11 is 1.55. The molecule has 0 bridgehead atoms. The molecule has 2 amide bonds. The van der Waals surface area contributed by atoms with Crippen LogP contribution in [0.2, 0.25) is 0 Å². The zero-order valence-corrected chi connectivity index (χ0v) is 11.3. The van der Waals surface area contributed by atoms with Crippen LogP contribution >= 0.6 is 11.8 Å². The minimum atomic E-state index is -0.998. The lowest BCUT2D eigenvalue weighted by Gasteiger charge is -2.15. The molecule has 0 unspecified atom stereocenters. The fourth-order valence-electron chi connectivity index (χ4n) is 1.10. The van der Waals surface area contributed by atoms with E-state index in [1.54, 1.807) is 11.8 Å². The number of carbonyl (C=O) groups is 2. The van der Waals surface area contributed by atoms with Gasteiger partial charge in [0.15, 0.2) is 0 Å². The minimum absolute atomic E-state index is 0.428. The summed E-state index contributed by atoms with van der Waals surface area (Å²) in [6.45, 7) is 1.21. The topological polar surface area (TPSA) is 81.7 Å². The van der Waals surface area contributed by atoms with Crippen LogP contribution < -0.4 is 10.6 Å². The Kier molecular flexibility index (Phi) is 8.61. The van der Waals surface area contributed by atoms with Gasteiger partial charge in [-0.15, -0.1) is 0 Å². The van der Waals surface area contributed by atoms with Gasteiger partial charge >= 0.3 is 12.0 Å². The Morgan fingerprint density at radius 1 is 1.41 bits per heavy atom. The smallest absolute Gasteiger partial charge is 0.326 e. The minimum Gasteiger partial charge on any atom is -0.480 e. The van der Waals surface area contributed by atoms with Crippen molar-refractivity contribution < 1.29 is 14.7 Å². The molecule has 0 spiro atoms. The fourth-order valence-corrected chi connectivity index (χ4v) is 1.57. The maximum absolute atomic E-state index is 11.4. The molecular weight excluding hydrogens is 242 g/mol. The summed E-state index contributed by atoms with van der Waals surface area (Å²) in [6, 6.07) is -1.25. The number of thioether (sulfide) groups is 1. The summed E-state index contributed by atoms with van der Waals surface area (Å²) in [6.07, 6.45) is 2.33. The van der Waals surface area contributed by atoms with Crippen molar-refractivity contribution >= 4 is 23.8 Å². The number of carbonyl (C=O) groups excluding carboxylic acids is 1. The van der Waals surface area contributed by atoms with E-state index < -0.39 is 18.0 Å². The maximum atomic E-state index is 11.4. The lowest BCUT2D eigenvalue weighted by molar-refractivity contribution is -0.139. The number of amides is 2. The van der Waals surface area contributed by atoms with E-state index in [2.05, 4.69) is 10.6 Å². The standard InChI is InChI=1S/C10H21N3O3S/c1-13(2)6-5-11-10(16)12-8(9(14)15)4-7-17-3/h8H,4-7H2,1-3H3,(H,14,15)(H2,11,12,16)/t8-/m1/s1. The first kappa shape index (κ1) is 16.1. The van der Waals surface area contributed by atoms with Gasteiger partial charge in [0.2, 0.25) is 0 Å². The molecular formula is C10H21N3O3S. The Hall–Kier alpha value is -0.950. The summed E-state index contributed by atoms with van der Waals surface area (Å²) in [5.74, 6) is -0.295. The van der Waals surface area contributed by atoms with Crippen LogP contribution in [0.3, 0.4) is 0 Å². The van der Waals surface area contributed by atoms with Crippen molar-refractivity contribution in [2.45, 2.75) is 12.5 Å². The van der Waals surface area contributed by atoms with E-state index in [0.717, 1.165) is 6.54 Å². The van der Waals surface area contributed by atoms with Crippen LogP contribution in [-0.4, -0.2) is 67.2 Å². The quantitative estimate of drug-likeness (QED) is 0.576. The van der Waals surface area contributed by atoms with Gasteiger partial charge in [-0.1, -0.05) is 0 Å². The third kappa shape index (κ3) is 8.82. The van der Waals surface area contributed by atoms with E-state index in [4.69, 9.17) is 5.11 Å². The van der Waals surface area contributed by atoms with Crippen molar-refractivity contribution in [1.82, 2.24) is 15.5 Å². The highest BCUT2D eigenvalue weighted by molar-refractivity contribution is 7.98. The molecule has 0 radical (unpaired) electrons. The molecule has 0 saturated carbocycles. The van der Waals surface area contributed by atoms with Gasteiger partial charge in [-0.3, -0.25) is 0 Å². The van der Waals surface area contributed by atoms with Crippen LogP contribution in [0.5, 0.6) is 0 Å². The Labute approximate surface area is 106 Å². The zero-order chi connectivity index (χ0) is 13.3. The Morgan fingerprint density at radius 2 is 2.06 bits per heavy atom. The van der Waals surface area contributed by atoms with E-state index in [0.29, 0.717) is 18.7 Å². The van der Waals surface area contributed by atoms with E-state index >= 15 is 0 Å². The van der Waals surface area contributed by atoms with Crippen molar-refractivity contribution in [2.75, 3.05) is 39.2 Å². The lowest BCUT2D eigenvalue weighted by atomic mass is 10.2. The Bertz CT molecular complexity index is 249. The van der Waals surface area contributed by atoms with Crippen molar-refractivity contribution in [3.8, 4) is 0 Å². The van der Waals surface area contributed by atoms with E-state index in [-0.39, 0.29) is 0 Å². The number of hydrogen-bond donors (Lipinski definition) is 3. The van der Waals surface area contributed by atoms with Crippen LogP contribution in [0.1, 0.15) is 6.42 Å². The van der Waals surface area contributed by atoms with Gasteiger partial charge < -0.3 is 20.6 Å². The van der Waals surface area contributed by atoms with Crippen LogP contribution in [0, 0.1) is 0 Å². The maximum Gasteiger partial charge on any atom is 0.326 e. The molecule has 0 aliphatic carbocycles. The molecule has 0 aromatic rings. The SMILES string of the molecule is CSCC[C@@H](NC(=O)NCCN(C)C)C(=O)O. The number of aliphatic carboxylic acids is 1. The van der Waals surface area contributed by atoms with Gasteiger partial charge in [0.25, 0.3) is 0 Å². The van der Waals surface area contributed by atoms with E-state index in [1.807, 2.05) is 25.3 Å². The third-order valence-corrected chi connectivity index (χ3v) is 2.70. The lowest BCUT2D eigenvalue weighted by Crippen LogP contribution is -2.47. The molecule has 0 aliphatic heterocycles. The van der Waals surface area contributed by atoms with Crippen LogP contribution in [0.15, 0.2) is 0 Å². The second-order valence-electron chi connectivity index (χ2n) is 3.88. The second-order valence-corrected chi connectivity index (χ2v) is 4.86. The zero-order valence-electron chi connectivity index (χ0n) is 10.5. The molecule has 6 nitrogen and oxygen atoms in total. The van der Waals surface area contributed by atoms with Gasteiger partial charge in [0.1, 0.15) is 6.04 Å². The summed E-state index contributed by atoms with van der Waals surface area (Å²) in [7, 11) is 3.80. The molecule has 7 heteroatoms. The normalized spacial score (nSPS) is 12.2. The second kappa shape index (κ2) is 9.12. The van der Waals surface area contributed by atoms with Gasteiger partial charge in [-0.25, -0.2) is 9.59 Å². The summed E-state index contributed by atoms with van der Waals surface area (Å²) < 4.78 is 0. The molecule has 0 aromatic carbocycles. The van der Waals surface area contributed by atoms with Crippen molar-refractivity contribution in [1.29, 1.82) is 0 Å². The van der Waals surface area contributed by atoms with Crippen molar-refractivity contribution in [3.63, 3.8) is 0 Å². The van der Waals surface area contributed by atoms with E-state index in [9.17, 15) is 9.59 Å². The molecule has 1 atom stereocenters. The third-order valence-electron chi connectivity index (χ3n) is 2.06. The number of carboxylic acids is 1. The molecule has 0 rings (SSSR count). The largest absolute Gasteiger partial charge is 0.480 e. The molecule has 0 aliphatic rings. The number of nitrogens with zero attached hydrogens (tertiary/aromatic N) is 1. The first-order valence-electron chi connectivity index (χ1n) is 5.38. The Morgan fingerprint density at radius 3 is 2.53 bits per heavy atom. The van der Waals surface area contributed by atoms with E-state index in [1.165, 1.54) is 0 Å². The average molecular weight is 263 g/mol. The molecule has 3 N–H and O–H groups in total. The molecule has 17 heavy (non-hydrogen) atoms. The first-order chi connectivity index (χ1) is 7.97. The highest BCUT2D eigenvalue weighted by Crippen LogP contribution is 2.00. The summed E-state index contributed by atoms with van der Waals surface area (Å²) in [4.78, 5) is 24.2. The van der Waals surface area contributed by atoms with Crippen LogP contribution in [-0.2, 0) is 4.79 Å². The molecule has 0 saturated heterocycles. The number of hydrogen-bond acceptors (Lipinski definition) is 4. The van der Waals surface area contributed by atoms with Gasteiger partial charge in [-0.2, -0.15) is 11.8 Å². The number of carboxylic acid groups (broad SMARTS) is 1. The van der Waals surface area contributed by atoms with Gasteiger partial charge in [0, 0.05) is 13.1 Å². The highest BCUT2D eigenvalue weighted by Gasteiger charge is 2.18. The van der Waals surface area contributed by atoms with Crippen LogP contribution in [0.25, 0.3) is 0 Å². The van der Waals surface area contributed by atoms with Gasteiger partial charge in [-0.05, 0) is 32.5 Å². The molecule has 0 fully saturated rings. The first-order valence-corrected chi connectivity index (χ1v) is 6.77. The number of rotatable bonds is 8. The predicted molar refractivity (Wildman–Crippen MR) is 69.5 cm³/mol. The number of likely N-dealkylation sites (N-methyl/N-ethyl adjacent to an activating group) is 1. The monoisotopic (exact) mass is 263 g/mol. The highest BCUT2D eigenvalue weighted by atomic mass is 32.2. The summed E-state index contributed by atoms with van der Waals surface area (Å²) in [5.41, 5.74) is 0. The fraction of sp³-hybridized carbons (Fsp3) is 0.800. The molecule has 100 valence electrons. The van der Waals surface area contributed by atoms with Crippen molar-refractivity contribution in [3.05, 3.63) is 0 Å². The predicted octanol–water partition coefficient (Wildman–Crippen LogP) is 0.0535. The van der Waals surface area contributed by atoms with Crippen LogP contribution in [0.4, 0.5) is 4.79 Å². The van der Waals surface area contributed by atoms with Crippen molar-refractivity contribution in [2.24, 2.45) is 0 Å². The summed E-state index contributed by atoms with van der Waals surface area (Å²) in [5, 5.41) is 14.0. The molecule has 0 aromatic heterocycles. The number of urea groups is 1.